The number of fused-ring (bicyclic) bond motifs is 1. The fourth-order valence-corrected chi connectivity index (χ4v) is 2.24. The van der Waals surface area contributed by atoms with Crippen LogP contribution in [0.25, 0.3) is 11.1 Å². The molecule has 2 N–H and O–H groups in total. The third kappa shape index (κ3) is 1.87. The van der Waals surface area contributed by atoms with Gasteiger partial charge in [-0.3, -0.25) is 0 Å². The van der Waals surface area contributed by atoms with E-state index in [9.17, 15) is 4.39 Å². The Balaban J connectivity index is 2.16. The van der Waals surface area contributed by atoms with Crippen molar-refractivity contribution < 1.29 is 9.13 Å². The third-order valence-corrected chi connectivity index (χ3v) is 3.11. The Morgan fingerprint density at radius 1 is 1.22 bits per heavy atom. The van der Waals surface area contributed by atoms with Crippen LogP contribution in [0.4, 0.5) is 4.39 Å². The predicted octanol–water partition coefficient (Wildman–Crippen LogP) is 3.05. The van der Waals surface area contributed by atoms with E-state index in [0.717, 1.165) is 28.0 Å². The molecule has 0 aliphatic carbocycles. The van der Waals surface area contributed by atoms with Crippen LogP contribution in [0.1, 0.15) is 11.1 Å². The normalized spacial score (nSPS) is 13.2. The first-order valence-electron chi connectivity index (χ1n) is 5.88. The van der Waals surface area contributed by atoms with Gasteiger partial charge in [-0.15, -0.1) is 0 Å². The summed E-state index contributed by atoms with van der Waals surface area (Å²) in [5, 5.41) is 0. The van der Waals surface area contributed by atoms with E-state index in [0.29, 0.717) is 13.0 Å². The summed E-state index contributed by atoms with van der Waals surface area (Å²) in [6.07, 6.45) is 0.649. The van der Waals surface area contributed by atoms with Crippen molar-refractivity contribution in [2.75, 3.05) is 0 Å². The van der Waals surface area contributed by atoms with Crippen LogP contribution >= 0.6 is 0 Å². The van der Waals surface area contributed by atoms with Gasteiger partial charge in [0.1, 0.15) is 18.2 Å². The Bertz CT molecular complexity index is 595. The van der Waals surface area contributed by atoms with Crippen LogP contribution in [0.3, 0.4) is 0 Å². The second-order valence-electron chi connectivity index (χ2n) is 4.33. The van der Waals surface area contributed by atoms with Gasteiger partial charge in [0.15, 0.2) is 0 Å². The Morgan fingerprint density at radius 2 is 2.11 bits per heavy atom. The Labute approximate surface area is 105 Å². The molecule has 0 saturated heterocycles. The molecule has 2 nitrogen and oxygen atoms in total. The molecule has 1 radical (unpaired) electrons. The van der Waals surface area contributed by atoms with E-state index in [1.54, 1.807) is 6.61 Å². The molecule has 91 valence electrons. The summed E-state index contributed by atoms with van der Waals surface area (Å²) in [5.41, 5.74) is 9.26. The van der Waals surface area contributed by atoms with Crippen LogP contribution in [-0.2, 0) is 13.0 Å². The molecular formula is C15H13FNO. The molecule has 0 bridgehead atoms. The van der Waals surface area contributed by atoms with Crippen molar-refractivity contribution in [1.29, 1.82) is 0 Å². The van der Waals surface area contributed by atoms with E-state index in [-0.39, 0.29) is 5.82 Å². The van der Waals surface area contributed by atoms with Crippen molar-refractivity contribution in [2.24, 2.45) is 5.73 Å². The highest BCUT2D eigenvalue weighted by atomic mass is 19.1. The molecular weight excluding hydrogens is 229 g/mol. The predicted molar refractivity (Wildman–Crippen MR) is 68.4 cm³/mol. The quantitative estimate of drug-likeness (QED) is 0.878. The number of halogens is 1. The average Bonchev–Trinajstić information content (AvgIpc) is 2.85. The van der Waals surface area contributed by atoms with Crippen LogP contribution < -0.4 is 10.5 Å². The van der Waals surface area contributed by atoms with Crippen LogP contribution in [0, 0.1) is 12.4 Å². The van der Waals surface area contributed by atoms with Crippen molar-refractivity contribution in [3.63, 3.8) is 0 Å². The van der Waals surface area contributed by atoms with Crippen molar-refractivity contribution in [3.8, 4) is 16.9 Å². The molecule has 0 saturated carbocycles. The van der Waals surface area contributed by atoms with Gasteiger partial charge in [0.05, 0.1) is 0 Å². The highest BCUT2D eigenvalue weighted by Crippen LogP contribution is 2.38. The molecule has 0 aromatic heterocycles. The zero-order valence-electron chi connectivity index (χ0n) is 9.82. The van der Waals surface area contributed by atoms with E-state index in [1.807, 2.05) is 24.3 Å². The van der Waals surface area contributed by atoms with E-state index in [2.05, 4.69) is 0 Å². The number of benzene rings is 2. The van der Waals surface area contributed by atoms with Crippen molar-refractivity contribution in [2.45, 2.75) is 13.0 Å². The monoisotopic (exact) mass is 242 g/mol. The maximum Gasteiger partial charge on any atom is 0.140 e. The Hall–Kier alpha value is -1.87. The molecule has 2 aromatic rings. The van der Waals surface area contributed by atoms with E-state index >= 15 is 0 Å². The topological polar surface area (TPSA) is 35.2 Å². The van der Waals surface area contributed by atoms with Gasteiger partial charge < -0.3 is 10.5 Å². The summed E-state index contributed by atoms with van der Waals surface area (Å²) < 4.78 is 19.1. The molecule has 1 heterocycles. The summed E-state index contributed by atoms with van der Waals surface area (Å²) in [5.74, 6) is 0.520. The minimum absolute atomic E-state index is 0.235. The van der Waals surface area contributed by atoms with Crippen LogP contribution in [0.2, 0.25) is 0 Å². The summed E-state index contributed by atoms with van der Waals surface area (Å²) in [7, 11) is 0. The average molecular weight is 242 g/mol. The van der Waals surface area contributed by atoms with Crippen molar-refractivity contribution >= 4 is 0 Å². The standard InChI is InChI=1S/C15H13FNO/c16-13-7-12-4-5-18-15(12)14(8-13)11-3-1-2-10(6-11)9-17/h1-3,5-8H,4,9,17H2. The molecule has 3 heteroatoms. The highest BCUT2D eigenvalue weighted by molar-refractivity contribution is 5.73. The first-order valence-corrected chi connectivity index (χ1v) is 5.88. The van der Waals surface area contributed by atoms with Gasteiger partial charge >= 0.3 is 0 Å². The molecule has 0 amide bonds. The SMILES string of the molecule is NCc1cccc(-c2cc(F)cc3c2O[CH]C3)c1. The van der Waals surface area contributed by atoms with Gasteiger partial charge in [-0.05, 0) is 29.3 Å². The lowest BCUT2D eigenvalue weighted by Gasteiger charge is -2.09. The minimum Gasteiger partial charge on any atom is -0.485 e. The molecule has 3 rings (SSSR count). The molecule has 0 atom stereocenters. The molecule has 1 aliphatic rings. The first kappa shape index (κ1) is 11.2. The summed E-state index contributed by atoms with van der Waals surface area (Å²) in [6.45, 7) is 2.17. The fraction of sp³-hybridized carbons (Fsp3) is 0.133. The van der Waals surface area contributed by atoms with E-state index in [4.69, 9.17) is 10.5 Å². The van der Waals surface area contributed by atoms with Crippen LogP contribution in [0.15, 0.2) is 36.4 Å². The second-order valence-corrected chi connectivity index (χ2v) is 4.33. The van der Waals surface area contributed by atoms with Crippen molar-refractivity contribution in [3.05, 3.63) is 59.9 Å². The van der Waals surface area contributed by atoms with Gasteiger partial charge in [-0.25, -0.2) is 4.39 Å². The summed E-state index contributed by atoms with van der Waals surface area (Å²) in [6, 6.07) is 10.8. The molecule has 0 spiro atoms. The zero-order valence-corrected chi connectivity index (χ0v) is 9.82. The summed E-state index contributed by atoms with van der Waals surface area (Å²) >= 11 is 0. The molecule has 18 heavy (non-hydrogen) atoms. The smallest absolute Gasteiger partial charge is 0.140 e. The number of hydrogen-bond acceptors (Lipinski definition) is 2. The molecule has 2 aromatic carbocycles. The zero-order chi connectivity index (χ0) is 12.5. The molecule has 0 fully saturated rings. The molecule has 1 aliphatic heterocycles. The molecule has 0 unspecified atom stereocenters. The van der Waals surface area contributed by atoms with Gasteiger partial charge in [-0.2, -0.15) is 0 Å². The number of hydrogen-bond donors (Lipinski definition) is 1. The lowest BCUT2D eigenvalue weighted by atomic mass is 9.99. The summed E-state index contributed by atoms with van der Waals surface area (Å²) in [4.78, 5) is 0. The van der Waals surface area contributed by atoms with Gasteiger partial charge in [0, 0.05) is 24.1 Å². The van der Waals surface area contributed by atoms with Crippen LogP contribution in [-0.4, -0.2) is 0 Å². The third-order valence-electron chi connectivity index (χ3n) is 3.11. The number of ether oxygens (including phenoxy) is 1. The van der Waals surface area contributed by atoms with E-state index < -0.39 is 0 Å². The first-order chi connectivity index (χ1) is 8.78. The lowest BCUT2D eigenvalue weighted by molar-refractivity contribution is 0.436. The van der Waals surface area contributed by atoms with Gasteiger partial charge in [0.25, 0.3) is 0 Å². The Kier molecular flexibility index (Phi) is 2.76. The lowest BCUT2D eigenvalue weighted by Crippen LogP contribution is -1.96. The maximum atomic E-state index is 13.6. The minimum atomic E-state index is -0.235. The van der Waals surface area contributed by atoms with Gasteiger partial charge in [-0.1, -0.05) is 18.2 Å². The van der Waals surface area contributed by atoms with Gasteiger partial charge in [0.2, 0.25) is 0 Å². The highest BCUT2D eigenvalue weighted by Gasteiger charge is 2.19. The Morgan fingerprint density at radius 3 is 2.94 bits per heavy atom. The second kappa shape index (κ2) is 4.42. The van der Waals surface area contributed by atoms with Crippen molar-refractivity contribution in [1.82, 2.24) is 0 Å². The van der Waals surface area contributed by atoms with Crippen LogP contribution in [0.5, 0.6) is 5.75 Å². The fourth-order valence-electron chi connectivity index (χ4n) is 2.24. The number of rotatable bonds is 2. The van der Waals surface area contributed by atoms with E-state index in [1.165, 1.54) is 12.1 Å². The number of nitrogens with two attached hydrogens (primary N) is 1. The maximum absolute atomic E-state index is 13.6. The largest absolute Gasteiger partial charge is 0.485 e.